The SMILES string of the molecule is c1ccc(-c2ccc3c(c2)c2ccccc2n3-c2ccccc2-c2ccc(-c3nc(-c4ccccc4)cc(-c4ccccc4)n3)cc2-n2c3ccccc3c3cc(-c4ccccc4)ccc32)cc1. The van der Waals surface area contributed by atoms with Crippen LogP contribution in [0.3, 0.4) is 0 Å². The largest absolute Gasteiger partial charge is 0.309 e. The Kier molecular flexibility index (Phi) is 9.47. The predicted molar refractivity (Wildman–Crippen MR) is 283 cm³/mol. The van der Waals surface area contributed by atoms with Crippen LogP contribution in [0.1, 0.15) is 0 Å². The lowest BCUT2D eigenvalue weighted by Gasteiger charge is -2.20. The number of aromatic nitrogens is 4. The standard InChI is InChI=1S/C64H42N4/c1-5-19-43(20-6-1)47-34-37-61-54(39-47)51-28-14-17-31-59(51)67(61)58-30-16-13-27-50(58)53-36-33-49(64-65-56(45-23-9-3-10-24-45)42-57(66-64)46-25-11-4-12-26-46)41-63(53)68-60-32-18-15-29-52(60)55-40-48(35-38-62(55)68)44-21-7-2-8-22-44/h1-42H. The number of para-hydroxylation sites is 3. The van der Waals surface area contributed by atoms with E-state index >= 15 is 0 Å². The molecule has 4 heteroatoms. The molecule has 0 fully saturated rings. The molecule has 0 saturated carbocycles. The molecule has 3 aromatic heterocycles. The highest BCUT2D eigenvalue weighted by molar-refractivity contribution is 6.13. The third-order valence-electron chi connectivity index (χ3n) is 13.4. The smallest absolute Gasteiger partial charge is 0.160 e. The van der Waals surface area contributed by atoms with Crippen LogP contribution in [0, 0.1) is 0 Å². The number of benzene rings is 10. The molecule has 0 spiro atoms. The van der Waals surface area contributed by atoms with Crippen molar-refractivity contribution in [3.05, 3.63) is 255 Å². The van der Waals surface area contributed by atoms with Crippen molar-refractivity contribution in [3.8, 4) is 78.7 Å². The van der Waals surface area contributed by atoms with Crippen molar-refractivity contribution in [2.45, 2.75) is 0 Å². The van der Waals surface area contributed by atoms with Crippen LogP contribution < -0.4 is 0 Å². The molecular weight excluding hydrogens is 825 g/mol. The molecule has 0 unspecified atom stereocenters. The van der Waals surface area contributed by atoms with E-state index in [1.807, 2.05) is 12.1 Å². The first kappa shape index (κ1) is 39.3. The normalized spacial score (nSPS) is 11.5. The second kappa shape index (κ2) is 16.4. The van der Waals surface area contributed by atoms with Gasteiger partial charge in [0.2, 0.25) is 0 Å². The van der Waals surface area contributed by atoms with Gasteiger partial charge in [0.05, 0.1) is 44.8 Å². The fraction of sp³-hybridized carbons (Fsp3) is 0. The molecule has 0 aliphatic heterocycles. The first-order valence-corrected chi connectivity index (χ1v) is 23.2. The Bertz CT molecular complexity index is 3940. The van der Waals surface area contributed by atoms with Gasteiger partial charge < -0.3 is 9.13 Å². The summed E-state index contributed by atoms with van der Waals surface area (Å²) in [4.78, 5) is 10.7. The Hall–Kier alpha value is -9.12. The van der Waals surface area contributed by atoms with Gasteiger partial charge in [-0.15, -0.1) is 0 Å². The lowest BCUT2D eigenvalue weighted by atomic mass is 9.98. The average molecular weight is 867 g/mol. The minimum absolute atomic E-state index is 0.662. The van der Waals surface area contributed by atoms with Crippen molar-refractivity contribution in [1.82, 2.24) is 19.1 Å². The number of hydrogen-bond donors (Lipinski definition) is 0. The number of nitrogens with zero attached hydrogens (tertiary/aromatic N) is 4. The number of fused-ring (bicyclic) bond motifs is 6. The van der Waals surface area contributed by atoms with Gasteiger partial charge in [0.15, 0.2) is 5.82 Å². The first-order valence-electron chi connectivity index (χ1n) is 23.2. The van der Waals surface area contributed by atoms with Crippen molar-refractivity contribution in [1.29, 1.82) is 0 Å². The van der Waals surface area contributed by atoms with Crippen LogP contribution in [-0.4, -0.2) is 19.1 Å². The van der Waals surface area contributed by atoms with Crippen LogP contribution >= 0.6 is 0 Å². The molecule has 318 valence electrons. The second-order valence-electron chi connectivity index (χ2n) is 17.3. The predicted octanol–water partition coefficient (Wildman–Crippen LogP) is 16.7. The van der Waals surface area contributed by atoms with E-state index in [4.69, 9.17) is 9.97 Å². The summed E-state index contributed by atoms with van der Waals surface area (Å²) in [5.74, 6) is 0.662. The van der Waals surface area contributed by atoms with Crippen molar-refractivity contribution in [2.75, 3.05) is 0 Å². The maximum atomic E-state index is 5.33. The molecule has 13 aromatic rings. The van der Waals surface area contributed by atoms with Gasteiger partial charge in [-0.1, -0.05) is 200 Å². The van der Waals surface area contributed by atoms with E-state index in [-0.39, 0.29) is 0 Å². The first-order chi connectivity index (χ1) is 33.7. The molecule has 13 rings (SSSR count). The zero-order valence-corrected chi connectivity index (χ0v) is 37.0. The highest BCUT2D eigenvalue weighted by atomic mass is 15.0. The van der Waals surface area contributed by atoms with Crippen LogP contribution in [0.4, 0.5) is 0 Å². The Labute approximate surface area is 394 Å². The highest BCUT2D eigenvalue weighted by Crippen LogP contribution is 2.43. The molecule has 0 aliphatic carbocycles. The van der Waals surface area contributed by atoms with Crippen LogP contribution in [-0.2, 0) is 0 Å². The van der Waals surface area contributed by atoms with Gasteiger partial charge in [-0.25, -0.2) is 9.97 Å². The minimum atomic E-state index is 0.662. The van der Waals surface area contributed by atoms with E-state index < -0.39 is 0 Å². The summed E-state index contributed by atoms with van der Waals surface area (Å²) in [7, 11) is 0. The average Bonchev–Trinajstić information content (AvgIpc) is 3.93. The van der Waals surface area contributed by atoms with Gasteiger partial charge in [0.1, 0.15) is 0 Å². The van der Waals surface area contributed by atoms with Crippen molar-refractivity contribution >= 4 is 43.6 Å². The van der Waals surface area contributed by atoms with Gasteiger partial charge in [0.25, 0.3) is 0 Å². The van der Waals surface area contributed by atoms with Crippen LogP contribution in [0.2, 0.25) is 0 Å². The zero-order valence-electron chi connectivity index (χ0n) is 37.0. The van der Waals surface area contributed by atoms with Crippen LogP contribution in [0.15, 0.2) is 255 Å². The van der Waals surface area contributed by atoms with E-state index in [9.17, 15) is 0 Å². The van der Waals surface area contributed by atoms with Crippen molar-refractivity contribution in [3.63, 3.8) is 0 Å². The van der Waals surface area contributed by atoms with Gasteiger partial charge in [-0.3, -0.25) is 0 Å². The molecule has 0 radical (unpaired) electrons. The fourth-order valence-electron chi connectivity index (χ4n) is 10.2. The lowest BCUT2D eigenvalue weighted by Crippen LogP contribution is -2.03. The molecule has 68 heavy (non-hydrogen) atoms. The topological polar surface area (TPSA) is 35.6 Å². The molecule has 0 bridgehead atoms. The quantitative estimate of drug-likeness (QED) is 0.153. The zero-order chi connectivity index (χ0) is 45.0. The molecule has 4 nitrogen and oxygen atoms in total. The fourth-order valence-corrected chi connectivity index (χ4v) is 10.2. The maximum Gasteiger partial charge on any atom is 0.160 e. The summed E-state index contributed by atoms with van der Waals surface area (Å²) in [6, 6.07) is 91.2. The molecule has 0 aliphatic rings. The summed E-state index contributed by atoms with van der Waals surface area (Å²) in [6.45, 7) is 0. The molecule has 0 amide bonds. The third-order valence-corrected chi connectivity index (χ3v) is 13.4. The van der Waals surface area contributed by atoms with Gasteiger partial charge in [0, 0.05) is 49.4 Å². The van der Waals surface area contributed by atoms with E-state index in [1.165, 1.54) is 43.8 Å². The monoisotopic (exact) mass is 866 g/mol. The Morgan fingerprint density at radius 3 is 1.16 bits per heavy atom. The van der Waals surface area contributed by atoms with Crippen LogP contribution in [0.25, 0.3) is 122 Å². The second-order valence-corrected chi connectivity index (χ2v) is 17.3. The molecule has 3 heterocycles. The molecule has 0 saturated heterocycles. The summed E-state index contributed by atoms with van der Waals surface area (Å²) in [6.07, 6.45) is 0. The van der Waals surface area contributed by atoms with Gasteiger partial charge >= 0.3 is 0 Å². The van der Waals surface area contributed by atoms with E-state index in [1.54, 1.807) is 0 Å². The summed E-state index contributed by atoms with van der Waals surface area (Å²) < 4.78 is 4.90. The minimum Gasteiger partial charge on any atom is -0.309 e. The summed E-state index contributed by atoms with van der Waals surface area (Å²) in [5, 5.41) is 4.81. The summed E-state index contributed by atoms with van der Waals surface area (Å²) in [5.41, 5.74) is 18.4. The summed E-state index contributed by atoms with van der Waals surface area (Å²) >= 11 is 0. The lowest BCUT2D eigenvalue weighted by molar-refractivity contribution is 1.15. The van der Waals surface area contributed by atoms with E-state index in [2.05, 4.69) is 252 Å². The van der Waals surface area contributed by atoms with Crippen LogP contribution in [0.5, 0.6) is 0 Å². The Balaban J connectivity index is 1.08. The van der Waals surface area contributed by atoms with Gasteiger partial charge in [-0.2, -0.15) is 0 Å². The molecule has 10 aromatic carbocycles. The molecule has 0 atom stereocenters. The number of rotatable bonds is 8. The Morgan fingerprint density at radius 1 is 0.235 bits per heavy atom. The molecule has 0 N–H and O–H groups in total. The van der Waals surface area contributed by atoms with Crippen molar-refractivity contribution < 1.29 is 0 Å². The number of hydrogen-bond acceptors (Lipinski definition) is 2. The van der Waals surface area contributed by atoms with E-state index in [0.717, 1.165) is 72.6 Å². The maximum absolute atomic E-state index is 5.33. The van der Waals surface area contributed by atoms with E-state index in [0.29, 0.717) is 5.82 Å². The Morgan fingerprint density at radius 2 is 0.632 bits per heavy atom. The van der Waals surface area contributed by atoms with Gasteiger partial charge in [-0.05, 0) is 76.9 Å². The highest BCUT2D eigenvalue weighted by Gasteiger charge is 2.22. The van der Waals surface area contributed by atoms with Crippen molar-refractivity contribution in [2.24, 2.45) is 0 Å². The third kappa shape index (κ3) is 6.69. The molecular formula is C64H42N4.